The van der Waals surface area contributed by atoms with Crippen LogP contribution in [0.2, 0.25) is 0 Å². The zero-order valence-corrected chi connectivity index (χ0v) is 13.6. The normalized spacial score (nSPS) is 28.6. The molecule has 19 heavy (non-hydrogen) atoms. The maximum atomic E-state index is 12.4. The predicted octanol–water partition coefficient (Wildman–Crippen LogP) is 4.17. The number of amides is 1. The quantitative estimate of drug-likeness (QED) is 0.748. The number of hydrogen-bond donors (Lipinski definition) is 2. The van der Waals surface area contributed by atoms with Gasteiger partial charge in [0.2, 0.25) is 5.91 Å². The van der Waals surface area contributed by atoms with Gasteiger partial charge in [-0.2, -0.15) is 0 Å². The predicted molar refractivity (Wildman–Crippen MR) is 83.8 cm³/mol. The number of halogens is 2. The lowest BCUT2D eigenvalue weighted by molar-refractivity contribution is -0.121. The van der Waals surface area contributed by atoms with E-state index in [-0.39, 0.29) is 11.8 Å². The van der Waals surface area contributed by atoms with Crippen molar-refractivity contribution in [1.29, 1.82) is 0 Å². The minimum absolute atomic E-state index is 0.127. The first-order valence-corrected chi connectivity index (χ1v) is 8.18. The van der Waals surface area contributed by atoms with Gasteiger partial charge in [-0.1, -0.05) is 22.4 Å². The van der Waals surface area contributed by atoms with E-state index in [0.29, 0.717) is 17.3 Å². The van der Waals surface area contributed by atoms with E-state index in [1.54, 1.807) is 6.07 Å². The molecule has 2 fully saturated rings. The largest absolute Gasteiger partial charge is 0.397 e. The number of anilines is 2. The Balaban J connectivity index is 1.77. The number of carbonyl (C=O) groups is 1. The molecule has 3 N–H and O–H groups in total. The molecule has 0 saturated heterocycles. The van der Waals surface area contributed by atoms with Crippen molar-refractivity contribution in [2.24, 2.45) is 17.8 Å². The number of carbonyl (C=O) groups excluding carboxylic acids is 1. The standard InChI is InChI=1S/C14H16Br2N2O/c15-9-5-11(16)13(12(17)6-9)18-14(19)10-4-7-1-2-8(10)3-7/h5-8,10H,1-4,17H2,(H,18,19). The Morgan fingerprint density at radius 3 is 2.63 bits per heavy atom. The first-order chi connectivity index (χ1) is 9.04. The second kappa shape index (κ2) is 5.09. The molecular formula is C14H16Br2N2O. The number of benzene rings is 1. The molecule has 2 aliphatic carbocycles. The van der Waals surface area contributed by atoms with E-state index in [0.717, 1.165) is 21.3 Å². The number of nitrogens with one attached hydrogen (secondary N) is 1. The third kappa shape index (κ3) is 2.55. The van der Waals surface area contributed by atoms with E-state index >= 15 is 0 Å². The lowest BCUT2D eigenvalue weighted by atomic mass is 9.88. The van der Waals surface area contributed by atoms with Gasteiger partial charge in [0.25, 0.3) is 0 Å². The van der Waals surface area contributed by atoms with Crippen molar-refractivity contribution in [1.82, 2.24) is 0 Å². The summed E-state index contributed by atoms with van der Waals surface area (Å²) in [4.78, 5) is 12.4. The van der Waals surface area contributed by atoms with Gasteiger partial charge in [-0.05, 0) is 59.2 Å². The van der Waals surface area contributed by atoms with Crippen molar-refractivity contribution < 1.29 is 4.79 Å². The first-order valence-electron chi connectivity index (χ1n) is 6.60. The molecule has 2 aliphatic rings. The van der Waals surface area contributed by atoms with E-state index in [2.05, 4.69) is 37.2 Å². The Morgan fingerprint density at radius 1 is 1.26 bits per heavy atom. The summed E-state index contributed by atoms with van der Waals surface area (Å²) < 4.78 is 1.71. The third-order valence-electron chi connectivity index (χ3n) is 4.41. The van der Waals surface area contributed by atoms with Crippen molar-refractivity contribution in [3.63, 3.8) is 0 Å². The SMILES string of the molecule is Nc1cc(Br)cc(Br)c1NC(=O)C1CC2CCC1C2. The van der Waals surface area contributed by atoms with Crippen LogP contribution in [0.3, 0.4) is 0 Å². The van der Waals surface area contributed by atoms with E-state index in [4.69, 9.17) is 5.73 Å². The molecule has 0 heterocycles. The fourth-order valence-electron chi connectivity index (χ4n) is 3.51. The van der Waals surface area contributed by atoms with Gasteiger partial charge in [-0.25, -0.2) is 0 Å². The highest BCUT2D eigenvalue weighted by molar-refractivity contribution is 9.11. The highest BCUT2D eigenvalue weighted by Gasteiger charge is 2.43. The van der Waals surface area contributed by atoms with E-state index in [1.165, 1.54) is 19.3 Å². The van der Waals surface area contributed by atoms with Crippen LogP contribution in [0.1, 0.15) is 25.7 Å². The molecule has 102 valence electrons. The maximum Gasteiger partial charge on any atom is 0.227 e. The molecule has 2 saturated carbocycles. The summed E-state index contributed by atoms with van der Waals surface area (Å²) in [5.74, 6) is 1.66. The lowest BCUT2D eigenvalue weighted by Crippen LogP contribution is -2.27. The van der Waals surface area contributed by atoms with Crippen LogP contribution in [0.15, 0.2) is 21.1 Å². The van der Waals surface area contributed by atoms with Crippen LogP contribution >= 0.6 is 31.9 Å². The monoisotopic (exact) mass is 386 g/mol. The van der Waals surface area contributed by atoms with Gasteiger partial charge in [0.1, 0.15) is 0 Å². The average Bonchev–Trinajstić information content (AvgIpc) is 2.95. The summed E-state index contributed by atoms with van der Waals surface area (Å²) in [5.41, 5.74) is 7.24. The Labute approximate surface area is 129 Å². The second-order valence-corrected chi connectivity index (χ2v) is 7.39. The molecule has 0 spiro atoms. The first kappa shape index (κ1) is 13.4. The summed E-state index contributed by atoms with van der Waals surface area (Å²) in [6.07, 6.45) is 4.79. The van der Waals surface area contributed by atoms with Crippen molar-refractivity contribution in [2.45, 2.75) is 25.7 Å². The zero-order valence-electron chi connectivity index (χ0n) is 10.5. The minimum atomic E-state index is 0.127. The molecular weight excluding hydrogens is 372 g/mol. The van der Waals surface area contributed by atoms with Crippen LogP contribution in [0, 0.1) is 17.8 Å². The van der Waals surface area contributed by atoms with Crippen LogP contribution in [0.25, 0.3) is 0 Å². The van der Waals surface area contributed by atoms with Crippen LogP contribution in [0.5, 0.6) is 0 Å². The van der Waals surface area contributed by atoms with Gasteiger partial charge in [0.15, 0.2) is 0 Å². The Kier molecular flexibility index (Phi) is 3.60. The van der Waals surface area contributed by atoms with Crippen molar-refractivity contribution in [2.75, 3.05) is 11.1 Å². The third-order valence-corrected chi connectivity index (χ3v) is 5.49. The van der Waals surface area contributed by atoms with Crippen LogP contribution in [-0.2, 0) is 4.79 Å². The Bertz CT molecular complexity index is 509. The molecule has 1 aromatic rings. The number of hydrogen-bond acceptors (Lipinski definition) is 2. The highest BCUT2D eigenvalue weighted by Crippen LogP contribution is 2.48. The molecule has 1 aromatic carbocycles. The molecule has 3 atom stereocenters. The summed E-state index contributed by atoms with van der Waals surface area (Å²) in [7, 11) is 0. The smallest absolute Gasteiger partial charge is 0.227 e. The molecule has 3 rings (SSSR count). The summed E-state index contributed by atoms with van der Waals surface area (Å²) >= 11 is 6.83. The van der Waals surface area contributed by atoms with Crippen LogP contribution in [-0.4, -0.2) is 5.91 Å². The summed E-state index contributed by atoms with van der Waals surface area (Å²) in [6.45, 7) is 0. The molecule has 2 bridgehead atoms. The van der Waals surface area contributed by atoms with Gasteiger partial charge >= 0.3 is 0 Å². The number of nitrogens with two attached hydrogens (primary N) is 1. The van der Waals surface area contributed by atoms with E-state index in [1.807, 2.05) is 6.07 Å². The molecule has 1 amide bonds. The summed E-state index contributed by atoms with van der Waals surface area (Å²) in [6, 6.07) is 3.70. The van der Waals surface area contributed by atoms with E-state index < -0.39 is 0 Å². The Hall–Kier alpha value is -0.550. The fraction of sp³-hybridized carbons (Fsp3) is 0.500. The molecule has 0 radical (unpaired) electrons. The maximum absolute atomic E-state index is 12.4. The number of fused-ring (bicyclic) bond motifs is 2. The molecule has 0 aliphatic heterocycles. The molecule has 5 heteroatoms. The van der Waals surface area contributed by atoms with Gasteiger partial charge in [0, 0.05) is 14.9 Å². The number of rotatable bonds is 2. The van der Waals surface area contributed by atoms with Gasteiger partial charge < -0.3 is 11.1 Å². The number of nitrogen functional groups attached to an aromatic ring is 1. The molecule has 3 unspecified atom stereocenters. The summed E-state index contributed by atoms with van der Waals surface area (Å²) in [5, 5.41) is 3.00. The van der Waals surface area contributed by atoms with Crippen molar-refractivity contribution in [3.8, 4) is 0 Å². The minimum Gasteiger partial charge on any atom is -0.397 e. The topological polar surface area (TPSA) is 55.1 Å². The lowest BCUT2D eigenvalue weighted by Gasteiger charge is -2.21. The fourth-order valence-corrected chi connectivity index (χ4v) is 4.86. The molecule has 0 aromatic heterocycles. The van der Waals surface area contributed by atoms with Crippen molar-refractivity contribution in [3.05, 3.63) is 21.1 Å². The van der Waals surface area contributed by atoms with Crippen molar-refractivity contribution >= 4 is 49.1 Å². The average molecular weight is 388 g/mol. The van der Waals surface area contributed by atoms with Gasteiger partial charge in [-0.3, -0.25) is 4.79 Å². The molecule has 3 nitrogen and oxygen atoms in total. The van der Waals surface area contributed by atoms with Crippen LogP contribution in [0.4, 0.5) is 11.4 Å². The Morgan fingerprint density at radius 2 is 2.05 bits per heavy atom. The van der Waals surface area contributed by atoms with Gasteiger partial charge in [0.05, 0.1) is 11.4 Å². The highest BCUT2D eigenvalue weighted by atomic mass is 79.9. The van der Waals surface area contributed by atoms with E-state index in [9.17, 15) is 4.79 Å². The van der Waals surface area contributed by atoms with Gasteiger partial charge in [-0.15, -0.1) is 0 Å². The zero-order chi connectivity index (χ0) is 13.6. The second-order valence-electron chi connectivity index (χ2n) is 5.62. The van der Waals surface area contributed by atoms with Crippen LogP contribution < -0.4 is 11.1 Å².